The smallest absolute Gasteiger partial charge is 0.306 e. The highest BCUT2D eigenvalue weighted by Gasteiger charge is 2.28. The number of nitrogens with one attached hydrogen (secondary N) is 1. The van der Waals surface area contributed by atoms with Gasteiger partial charge in [-0.25, -0.2) is 0 Å². The number of nitrogens with zero attached hydrogens (tertiary/aromatic N) is 1. The van der Waals surface area contributed by atoms with E-state index < -0.39 is 0 Å². The maximum atomic E-state index is 11.2. The molecule has 1 N–H and O–H groups in total. The monoisotopic (exact) mass is 268 g/mol. The molecule has 0 radical (unpaired) electrons. The highest BCUT2D eigenvalue weighted by molar-refractivity contribution is 5.69. The van der Waals surface area contributed by atoms with Crippen LogP contribution in [0, 0.1) is 11.8 Å². The standard InChI is InChI=1S/C15H28N2O2/c1-3-12-8-14(16-9-13-4-5-13)11-17(10-12)7-6-15(18)19-2/h12-14,16H,3-11H2,1-2H3. The zero-order valence-corrected chi connectivity index (χ0v) is 12.4. The molecule has 4 heteroatoms. The van der Waals surface area contributed by atoms with E-state index >= 15 is 0 Å². The molecule has 0 bridgehead atoms. The Morgan fingerprint density at radius 3 is 2.74 bits per heavy atom. The molecule has 1 saturated heterocycles. The van der Waals surface area contributed by atoms with E-state index in [1.54, 1.807) is 0 Å². The van der Waals surface area contributed by atoms with Crippen LogP contribution < -0.4 is 5.32 Å². The van der Waals surface area contributed by atoms with Crippen LogP contribution in [0.25, 0.3) is 0 Å². The van der Waals surface area contributed by atoms with Gasteiger partial charge in [0.15, 0.2) is 0 Å². The molecule has 1 aliphatic heterocycles. The SMILES string of the molecule is CCC1CC(NCC2CC2)CN(CCC(=O)OC)C1. The van der Waals surface area contributed by atoms with Crippen LogP contribution in [0.1, 0.15) is 39.0 Å². The number of methoxy groups -OCH3 is 1. The Morgan fingerprint density at radius 1 is 1.32 bits per heavy atom. The van der Waals surface area contributed by atoms with E-state index in [2.05, 4.69) is 17.1 Å². The quantitative estimate of drug-likeness (QED) is 0.713. The second-order valence-corrected chi connectivity index (χ2v) is 6.14. The summed E-state index contributed by atoms with van der Waals surface area (Å²) in [5, 5.41) is 3.72. The van der Waals surface area contributed by atoms with Gasteiger partial charge in [-0.15, -0.1) is 0 Å². The summed E-state index contributed by atoms with van der Waals surface area (Å²) in [6.07, 6.45) is 5.85. The van der Waals surface area contributed by atoms with Gasteiger partial charge in [0.25, 0.3) is 0 Å². The summed E-state index contributed by atoms with van der Waals surface area (Å²) >= 11 is 0. The summed E-state index contributed by atoms with van der Waals surface area (Å²) in [4.78, 5) is 13.7. The Bertz CT molecular complexity index is 292. The van der Waals surface area contributed by atoms with Crippen molar-refractivity contribution in [3.8, 4) is 0 Å². The predicted octanol–water partition coefficient (Wildman–Crippen LogP) is 1.65. The number of likely N-dealkylation sites (tertiary alicyclic amines) is 1. The summed E-state index contributed by atoms with van der Waals surface area (Å²) in [5.74, 6) is 1.61. The maximum Gasteiger partial charge on any atom is 0.306 e. The first-order valence-corrected chi connectivity index (χ1v) is 7.73. The van der Waals surface area contributed by atoms with Gasteiger partial charge in [0, 0.05) is 25.7 Å². The summed E-state index contributed by atoms with van der Waals surface area (Å²) in [5.41, 5.74) is 0. The third-order valence-corrected chi connectivity index (χ3v) is 4.44. The molecular weight excluding hydrogens is 240 g/mol. The fourth-order valence-electron chi connectivity index (χ4n) is 2.94. The molecule has 0 aromatic heterocycles. The molecule has 0 aromatic carbocycles. The van der Waals surface area contributed by atoms with Gasteiger partial charge in [-0.2, -0.15) is 0 Å². The lowest BCUT2D eigenvalue weighted by Gasteiger charge is -2.38. The molecule has 2 atom stereocenters. The molecule has 2 fully saturated rings. The summed E-state index contributed by atoms with van der Waals surface area (Å²) < 4.78 is 4.73. The number of rotatable bonds is 7. The molecule has 2 unspecified atom stereocenters. The molecule has 2 aliphatic rings. The van der Waals surface area contributed by atoms with Crippen molar-refractivity contribution >= 4 is 5.97 Å². The molecule has 0 spiro atoms. The van der Waals surface area contributed by atoms with Crippen LogP contribution in [-0.4, -0.2) is 50.2 Å². The minimum Gasteiger partial charge on any atom is -0.469 e. The van der Waals surface area contributed by atoms with E-state index in [9.17, 15) is 4.79 Å². The van der Waals surface area contributed by atoms with Crippen LogP contribution in [0.15, 0.2) is 0 Å². The highest BCUT2D eigenvalue weighted by Crippen LogP contribution is 2.28. The van der Waals surface area contributed by atoms with Gasteiger partial charge in [-0.05, 0) is 37.6 Å². The number of piperidine rings is 1. The predicted molar refractivity (Wildman–Crippen MR) is 76.0 cm³/mol. The van der Waals surface area contributed by atoms with Gasteiger partial charge in [0.1, 0.15) is 0 Å². The van der Waals surface area contributed by atoms with Crippen LogP contribution in [0.2, 0.25) is 0 Å². The largest absolute Gasteiger partial charge is 0.469 e. The number of ether oxygens (including phenoxy) is 1. The van der Waals surface area contributed by atoms with Crippen LogP contribution in [0.4, 0.5) is 0 Å². The van der Waals surface area contributed by atoms with E-state index in [1.165, 1.54) is 39.3 Å². The van der Waals surface area contributed by atoms with Gasteiger partial charge >= 0.3 is 5.97 Å². The van der Waals surface area contributed by atoms with Gasteiger partial charge in [-0.1, -0.05) is 13.3 Å². The van der Waals surface area contributed by atoms with Crippen molar-refractivity contribution in [3.63, 3.8) is 0 Å². The topological polar surface area (TPSA) is 41.6 Å². The molecule has 0 aromatic rings. The average molecular weight is 268 g/mol. The van der Waals surface area contributed by atoms with Crippen LogP contribution >= 0.6 is 0 Å². The first kappa shape index (κ1) is 14.8. The van der Waals surface area contributed by atoms with Gasteiger partial charge in [0.2, 0.25) is 0 Å². The molecule has 1 saturated carbocycles. The minimum absolute atomic E-state index is 0.0962. The molecule has 1 aliphatic carbocycles. The first-order chi connectivity index (χ1) is 9.21. The number of hydrogen-bond acceptors (Lipinski definition) is 4. The van der Waals surface area contributed by atoms with E-state index in [0.29, 0.717) is 12.5 Å². The fourth-order valence-corrected chi connectivity index (χ4v) is 2.94. The summed E-state index contributed by atoms with van der Waals surface area (Å²) in [7, 11) is 1.47. The second-order valence-electron chi connectivity index (χ2n) is 6.14. The van der Waals surface area contributed by atoms with Crippen molar-refractivity contribution in [3.05, 3.63) is 0 Å². The molecular formula is C15H28N2O2. The van der Waals surface area contributed by atoms with Crippen molar-refractivity contribution in [2.75, 3.05) is 33.3 Å². The van der Waals surface area contributed by atoms with Crippen LogP contribution in [0.5, 0.6) is 0 Å². The maximum absolute atomic E-state index is 11.2. The number of hydrogen-bond donors (Lipinski definition) is 1. The number of carbonyl (C=O) groups excluding carboxylic acids is 1. The Hall–Kier alpha value is -0.610. The van der Waals surface area contributed by atoms with Crippen molar-refractivity contribution in [1.29, 1.82) is 0 Å². The van der Waals surface area contributed by atoms with E-state index in [0.717, 1.165) is 31.5 Å². The number of esters is 1. The number of carbonyl (C=O) groups is 1. The molecule has 19 heavy (non-hydrogen) atoms. The summed E-state index contributed by atoms with van der Waals surface area (Å²) in [6, 6.07) is 0.608. The van der Waals surface area contributed by atoms with Crippen LogP contribution in [-0.2, 0) is 9.53 Å². The van der Waals surface area contributed by atoms with E-state index in [1.807, 2.05) is 0 Å². The van der Waals surface area contributed by atoms with Gasteiger partial charge in [0.05, 0.1) is 13.5 Å². The van der Waals surface area contributed by atoms with Crippen molar-refractivity contribution in [1.82, 2.24) is 10.2 Å². The van der Waals surface area contributed by atoms with Crippen molar-refractivity contribution in [2.45, 2.75) is 45.1 Å². The Balaban J connectivity index is 1.75. The lowest BCUT2D eigenvalue weighted by Crippen LogP contribution is -2.50. The Morgan fingerprint density at radius 2 is 2.11 bits per heavy atom. The third-order valence-electron chi connectivity index (χ3n) is 4.44. The van der Waals surface area contributed by atoms with Gasteiger partial charge in [-0.3, -0.25) is 4.79 Å². The van der Waals surface area contributed by atoms with Gasteiger partial charge < -0.3 is 15.0 Å². The van der Waals surface area contributed by atoms with Crippen molar-refractivity contribution in [2.24, 2.45) is 11.8 Å². The van der Waals surface area contributed by atoms with Crippen molar-refractivity contribution < 1.29 is 9.53 Å². The molecule has 0 amide bonds. The molecule has 2 rings (SSSR count). The zero-order valence-electron chi connectivity index (χ0n) is 12.4. The van der Waals surface area contributed by atoms with Crippen LogP contribution in [0.3, 0.4) is 0 Å². The average Bonchev–Trinajstić information content (AvgIpc) is 3.26. The molecule has 4 nitrogen and oxygen atoms in total. The second kappa shape index (κ2) is 7.25. The minimum atomic E-state index is -0.0962. The zero-order chi connectivity index (χ0) is 13.7. The molecule has 1 heterocycles. The first-order valence-electron chi connectivity index (χ1n) is 7.73. The Kier molecular flexibility index (Phi) is 5.64. The third kappa shape index (κ3) is 5.11. The Labute approximate surface area is 116 Å². The lowest BCUT2D eigenvalue weighted by atomic mass is 9.92. The molecule has 110 valence electrons. The fraction of sp³-hybridized carbons (Fsp3) is 0.933. The normalized spacial score (nSPS) is 28.3. The van der Waals surface area contributed by atoms with E-state index in [-0.39, 0.29) is 5.97 Å². The van der Waals surface area contributed by atoms with E-state index in [4.69, 9.17) is 4.74 Å². The highest BCUT2D eigenvalue weighted by atomic mass is 16.5. The summed E-state index contributed by atoms with van der Waals surface area (Å²) in [6.45, 7) is 6.51. The lowest BCUT2D eigenvalue weighted by molar-refractivity contribution is -0.141.